The zero-order valence-corrected chi connectivity index (χ0v) is 18.8. The van der Waals surface area contributed by atoms with E-state index in [-0.39, 0.29) is 18.1 Å². The molecule has 5 rings (SSSR count). The Bertz CT molecular complexity index is 1500. The first-order valence-corrected chi connectivity index (χ1v) is 11.2. The second-order valence-electron chi connectivity index (χ2n) is 8.34. The van der Waals surface area contributed by atoms with Gasteiger partial charge in [0.05, 0.1) is 17.4 Å². The normalized spacial score (nSPS) is 11.0. The number of hydrogen-bond acceptors (Lipinski definition) is 4. The van der Waals surface area contributed by atoms with Crippen molar-refractivity contribution in [2.45, 2.75) is 19.8 Å². The molecule has 0 radical (unpaired) electrons. The van der Waals surface area contributed by atoms with Crippen LogP contribution in [0.25, 0.3) is 22.2 Å². The average Bonchev–Trinajstić information content (AvgIpc) is 3.28. The summed E-state index contributed by atoms with van der Waals surface area (Å²) < 4.78 is 1.44. The summed E-state index contributed by atoms with van der Waals surface area (Å²) in [5, 5.41) is 5.20. The van der Waals surface area contributed by atoms with Crippen LogP contribution < -0.4 is 0 Å². The molecule has 0 unspecified atom stereocenters. The van der Waals surface area contributed by atoms with E-state index in [2.05, 4.69) is 5.10 Å². The molecule has 0 amide bonds. The number of benzene rings is 3. The van der Waals surface area contributed by atoms with E-state index in [1.807, 2.05) is 97.9 Å². The molecule has 2 heterocycles. The maximum Gasteiger partial charge on any atom is 0.278 e. The Hall–Kier alpha value is -4.38. The van der Waals surface area contributed by atoms with Gasteiger partial charge < -0.3 is 0 Å². The van der Waals surface area contributed by atoms with Gasteiger partial charge in [-0.25, -0.2) is 0 Å². The van der Waals surface area contributed by atoms with Crippen LogP contribution in [0.4, 0.5) is 0 Å². The molecule has 5 nitrogen and oxygen atoms in total. The van der Waals surface area contributed by atoms with Crippen molar-refractivity contribution in [3.8, 4) is 11.3 Å². The van der Waals surface area contributed by atoms with Crippen LogP contribution in [0.3, 0.4) is 0 Å². The molecule has 0 saturated carbocycles. The van der Waals surface area contributed by atoms with E-state index in [9.17, 15) is 9.59 Å². The Morgan fingerprint density at radius 2 is 1.62 bits per heavy atom. The second kappa shape index (κ2) is 9.24. The molecule has 2 aromatic heterocycles. The minimum Gasteiger partial charge on any atom is -0.299 e. The van der Waals surface area contributed by atoms with Gasteiger partial charge >= 0.3 is 0 Å². The average molecular weight is 446 g/mol. The topological polar surface area (TPSA) is 64.8 Å². The van der Waals surface area contributed by atoms with Gasteiger partial charge in [0.2, 0.25) is 0 Å². The Labute approximate surface area is 197 Å². The summed E-state index contributed by atoms with van der Waals surface area (Å²) >= 11 is 0. The molecule has 0 bridgehead atoms. The first-order valence-electron chi connectivity index (χ1n) is 11.2. The van der Waals surface area contributed by atoms with Crippen LogP contribution in [0.2, 0.25) is 0 Å². The van der Waals surface area contributed by atoms with Crippen LogP contribution in [-0.2, 0) is 17.6 Å². The Kier molecular flexibility index (Phi) is 5.83. The highest BCUT2D eigenvalue weighted by Gasteiger charge is 2.15. The maximum atomic E-state index is 13.0. The smallest absolute Gasteiger partial charge is 0.278 e. The van der Waals surface area contributed by atoms with Gasteiger partial charge in [-0.3, -0.25) is 14.6 Å². The Balaban J connectivity index is 1.38. The summed E-state index contributed by atoms with van der Waals surface area (Å²) in [7, 11) is 0. The van der Waals surface area contributed by atoms with Crippen molar-refractivity contribution in [1.82, 2.24) is 14.8 Å². The monoisotopic (exact) mass is 445 g/mol. The number of nitrogens with zero attached hydrogens (tertiary/aromatic N) is 3. The lowest BCUT2D eigenvalue weighted by Crippen LogP contribution is -2.14. The number of pyridine rings is 1. The molecular weight excluding hydrogens is 422 g/mol. The number of Topliss-reactive ketones (excluding diaryl/α,β-unsaturated/α-hetero) is 1. The van der Waals surface area contributed by atoms with Crippen LogP contribution in [0.1, 0.15) is 27.2 Å². The predicted octanol–water partition coefficient (Wildman–Crippen LogP) is 5.45. The van der Waals surface area contributed by atoms with Crippen molar-refractivity contribution in [3.63, 3.8) is 0 Å². The highest BCUT2D eigenvalue weighted by Crippen LogP contribution is 2.24. The third-order valence-corrected chi connectivity index (χ3v) is 5.86. The van der Waals surface area contributed by atoms with Crippen molar-refractivity contribution in [3.05, 3.63) is 120 Å². The first-order chi connectivity index (χ1) is 16.6. The molecule has 3 aromatic carbocycles. The fourth-order valence-corrected chi connectivity index (χ4v) is 4.11. The Morgan fingerprint density at radius 3 is 2.44 bits per heavy atom. The molecule has 0 spiro atoms. The van der Waals surface area contributed by atoms with Crippen LogP contribution in [0.15, 0.2) is 97.2 Å². The minimum absolute atomic E-state index is 0.127. The van der Waals surface area contributed by atoms with E-state index in [1.54, 1.807) is 6.20 Å². The number of fused-ring (bicyclic) bond motifs is 1. The van der Waals surface area contributed by atoms with Gasteiger partial charge in [0, 0.05) is 35.0 Å². The molecule has 166 valence electrons. The van der Waals surface area contributed by atoms with Gasteiger partial charge in [0.15, 0.2) is 0 Å². The third-order valence-electron chi connectivity index (χ3n) is 5.86. The van der Waals surface area contributed by atoms with Gasteiger partial charge in [0.25, 0.3) is 5.91 Å². The molecule has 5 heteroatoms. The molecule has 0 fully saturated rings. The highest BCUT2D eigenvalue weighted by atomic mass is 16.2. The third kappa shape index (κ3) is 4.41. The number of carbonyl (C=O) groups is 2. The molecule has 0 aliphatic heterocycles. The van der Waals surface area contributed by atoms with Crippen LogP contribution in [-0.4, -0.2) is 26.5 Å². The molecule has 34 heavy (non-hydrogen) atoms. The van der Waals surface area contributed by atoms with Crippen molar-refractivity contribution in [1.29, 1.82) is 0 Å². The number of aryl methyl sites for hydroxylation is 1. The molecule has 0 N–H and O–H groups in total. The van der Waals surface area contributed by atoms with Crippen molar-refractivity contribution in [2.24, 2.45) is 0 Å². The largest absolute Gasteiger partial charge is 0.299 e. The first kappa shape index (κ1) is 21.5. The summed E-state index contributed by atoms with van der Waals surface area (Å²) in [6.07, 6.45) is 2.38. The van der Waals surface area contributed by atoms with Gasteiger partial charge in [-0.05, 0) is 48.4 Å². The molecule has 5 aromatic rings. The van der Waals surface area contributed by atoms with Gasteiger partial charge in [-0.2, -0.15) is 9.78 Å². The number of carbonyl (C=O) groups excluding carboxylic acids is 2. The fourth-order valence-electron chi connectivity index (χ4n) is 4.11. The standard InChI is InChI=1S/C29H23N3O2/c1-20-8-5-6-12-26(20)29(34)32-28-15-14-22(17-23(28)19-30-32)27-13-7-11-24(31-27)18-25(33)16-21-9-3-2-4-10-21/h2-15,17,19H,16,18H2,1H3. The fraction of sp³-hybridized carbons (Fsp3) is 0.103. The molecule has 0 aliphatic rings. The number of aromatic nitrogens is 3. The van der Waals surface area contributed by atoms with E-state index in [1.165, 1.54) is 4.68 Å². The number of hydrogen-bond donors (Lipinski definition) is 0. The SMILES string of the molecule is Cc1ccccc1C(=O)n1ncc2cc(-c3cccc(CC(=O)Cc4ccccc4)n3)ccc21. The van der Waals surface area contributed by atoms with Gasteiger partial charge in [-0.15, -0.1) is 0 Å². The summed E-state index contributed by atoms with van der Waals surface area (Å²) in [5.74, 6) is -0.0276. The molecular formula is C29H23N3O2. The number of rotatable bonds is 6. The zero-order valence-electron chi connectivity index (χ0n) is 18.8. The van der Waals surface area contributed by atoms with E-state index < -0.39 is 0 Å². The number of ketones is 1. The van der Waals surface area contributed by atoms with E-state index in [0.29, 0.717) is 12.0 Å². The summed E-state index contributed by atoms with van der Waals surface area (Å²) in [6, 6.07) is 28.8. The van der Waals surface area contributed by atoms with Crippen molar-refractivity contribution >= 4 is 22.6 Å². The maximum absolute atomic E-state index is 13.0. The predicted molar refractivity (Wildman–Crippen MR) is 133 cm³/mol. The highest BCUT2D eigenvalue weighted by molar-refractivity contribution is 6.02. The van der Waals surface area contributed by atoms with Gasteiger partial charge in [-0.1, -0.05) is 60.7 Å². The lowest BCUT2D eigenvalue weighted by Gasteiger charge is -2.07. The van der Waals surface area contributed by atoms with Crippen molar-refractivity contribution < 1.29 is 9.59 Å². The van der Waals surface area contributed by atoms with Gasteiger partial charge in [0.1, 0.15) is 5.78 Å². The molecule has 0 saturated heterocycles. The summed E-state index contributed by atoms with van der Waals surface area (Å²) in [4.78, 5) is 30.3. The lowest BCUT2D eigenvalue weighted by atomic mass is 10.0. The zero-order chi connectivity index (χ0) is 23.5. The second-order valence-corrected chi connectivity index (χ2v) is 8.34. The van der Waals surface area contributed by atoms with Crippen molar-refractivity contribution in [2.75, 3.05) is 0 Å². The quantitative estimate of drug-likeness (QED) is 0.349. The van der Waals surface area contributed by atoms with Crippen LogP contribution in [0.5, 0.6) is 0 Å². The summed E-state index contributed by atoms with van der Waals surface area (Å²) in [5.41, 5.74) is 5.72. The van der Waals surface area contributed by atoms with E-state index in [4.69, 9.17) is 4.98 Å². The van der Waals surface area contributed by atoms with Crippen LogP contribution >= 0.6 is 0 Å². The van der Waals surface area contributed by atoms with E-state index in [0.717, 1.165) is 39.0 Å². The lowest BCUT2D eigenvalue weighted by molar-refractivity contribution is -0.117. The van der Waals surface area contributed by atoms with Crippen LogP contribution in [0, 0.1) is 6.92 Å². The summed E-state index contributed by atoms with van der Waals surface area (Å²) in [6.45, 7) is 1.92. The molecule has 0 aliphatic carbocycles. The molecule has 0 atom stereocenters. The minimum atomic E-state index is -0.155. The van der Waals surface area contributed by atoms with E-state index >= 15 is 0 Å². The Morgan fingerprint density at radius 1 is 0.824 bits per heavy atom.